The van der Waals surface area contributed by atoms with Crippen LogP contribution in [0.15, 0.2) is 42.6 Å². The number of aromatic carboxylic acids is 1. The van der Waals surface area contributed by atoms with E-state index in [4.69, 9.17) is 0 Å². The van der Waals surface area contributed by atoms with Crippen LogP contribution >= 0.6 is 0 Å². The molecule has 0 spiro atoms. The zero-order valence-electron chi connectivity index (χ0n) is 10.4. The molecule has 1 aromatic carbocycles. The fourth-order valence-corrected chi connectivity index (χ4v) is 2.51. The Morgan fingerprint density at radius 3 is 2.95 bits per heavy atom. The Labute approximate surface area is 111 Å². The Balaban J connectivity index is 1.90. The van der Waals surface area contributed by atoms with Crippen LogP contribution in [0.5, 0.6) is 0 Å². The number of anilines is 1. The van der Waals surface area contributed by atoms with Gasteiger partial charge in [0.05, 0.1) is 17.8 Å². The van der Waals surface area contributed by atoms with Gasteiger partial charge in [0.2, 0.25) is 0 Å². The number of hydrogen-bond donors (Lipinski definition) is 1. The quantitative estimate of drug-likeness (QED) is 0.913. The number of para-hydroxylation sites is 1. The zero-order valence-corrected chi connectivity index (χ0v) is 10.4. The SMILES string of the molecule is O=C(O)c1cccnc1CN1CCc2ccccc21. The Hall–Kier alpha value is -2.36. The average Bonchev–Trinajstić information content (AvgIpc) is 2.83. The second kappa shape index (κ2) is 4.72. The van der Waals surface area contributed by atoms with Crippen LogP contribution in [0.4, 0.5) is 5.69 Å². The molecule has 19 heavy (non-hydrogen) atoms. The zero-order chi connectivity index (χ0) is 13.2. The van der Waals surface area contributed by atoms with Crippen molar-refractivity contribution in [2.24, 2.45) is 0 Å². The third kappa shape index (κ3) is 2.17. The van der Waals surface area contributed by atoms with Crippen molar-refractivity contribution in [3.8, 4) is 0 Å². The van der Waals surface area contributed by atoms with E-state index < -0.39 is 5.97 Å². The number of aromatic nitrogens is 1. The minimum atomic E-state index is -0.921. The Kier molecular flexibility index (Phi) is 2.91. The topological polar surface area (TPSA) is 53.4 Å². The van der Waals surface area contributed by atoms with Gasteiger partial charge in [-0.1, -0.05) is 18.2 Å². The van der Waals surface area contributed by atoms with Crippen molar-refractivity contribution < 1.29 is 9.90 Å². The lowest BCUT2D eigenvalue weighted by Gasteiger charge is -2.19. The van der Waals surface area contributed by atoms with Crippen molar-refractivity contribution in [2.75, 3.05) is 11.4 Å². The Morgan fingerprint density at radius 1 is 1.26 bits per heavy atom. The number of hydrogen-bond acceptors (Lipinski definition) is 3. The van der Waals surface area contributed by atoms with Gasteiger partial charge in [-0.2, -0.15) is 0 Å². The first-order chi connectivity index (χ1) is 9.25. The molecule has 1 aromatic heterocycles. The van der Waals surface area contributed by atoms with Gasteiger partial charge in [0.15, 0.2) is 0 Å². The Morgan fingerprint density at radius 2 is 2.11 bits per heavy atom. The summed E-state index contributed by atoms with van der Waals surface area (Å²) in [6.07, 6.45) is 2.65. The van der Waals surface area contributed by atoms with Crippen LogP contribution in [-0.2, 0) is 13.0 Å². The normalized spacial score (nSPS) is 13.4. The van der Waals surface area contributed by atoms with Crippen LogP contribution < -0.4 is 4.90 Å². The first-order valence-corrected chi connectivity index (χ1v) is 6.26. The highest BCUT2D eigenvalue weighted by Crippen LogP contribution is 2.28. The fourth-order valence-electron chi connectivity index (χ4n) is 2.51. The van der Waals surface area contributed by atoms with Crippen molar-refractivity contribution in [3.05, 3.63) is 59.4 Å². The van der Waals surface area contributed by atoms with Gasteiger partial charge in [0.1, 0.15) is 0 Å². The predicted molar refractivity (Wildman–Crippen MR) is 72.4 cm³/mol. The number of carboxylic acid groups (broad SMARTS) is 1. The molecule has 0 unspecified atom stereocenters. The third-order valence-electron chi connectivity index (χ3n) is 3.44. The molecule has 0 fully saturated rings. The summed E-state index contributed by atoms with van der Waals surface area (Å²) in [6.45, 7) is 1.45. The number of rotatable bonds is 3. The van der Waals surface area contributed by atoms with Crippen LogP contribution in [0.1, 0.15) is 21.6 Å². The number of fused-ring (bicyclic) bond motifs is 1. The number of pyridine rings is 1. The van der Waals surface area contributed by atoms with E-state index in [1.807, 2.05) is 12.1 Å². The summed E-state index contributed by atoms with van der Waals surface area (Å²) in [5.41, 5.74) is 3.40. The van der Waals surface area contributed by atoms with Crippen molar-refractivity contribution in [2.45, 2.75) is 13.0 Å². The summed E-state index contributed by atoms with van der Waals surface area (Å²) >= 11 is 0. The molecule has 1 aliphatic heterocycles. The highest BCUT2D eigenvalue weighted by Gasteiger charge is 2.21. The lowest BCUT2D eigenvalue weighted by Crippen LogP contribution is -2.22. The summed E-state index contributed by atoms with van der Waals surface area (Å²) in [5.74, 6) is -0.921. The van der Waals surface area contributed by atoms with Gasteiger partial charge in [-0.25, -0.2) is 4.79 Å². The molecule has 96 valence electrons. The van der Waals surface area contributed by atoms with Gasteiger partial charge in [0, 0.05) is 18.4 Å². The molecule has 0 amide bonds. The van der Waals surface area contributed by atoms with Crippen LogP contribution in [0, 0.1) is 0 Å². The second-order valence-electron chi connectivity index (χ2n) is 4.60. The van der Waals surface area contributed by atoms with E-state index in [1.165, 1.54) is 11.3 Å². The highest BCUT2D eigenvalue weighted by molar-refractivity contribution is 5.88. The minimum absolute atomic E-state index is 0.284. The molecule has 0 bridgehead atoms. The molecule has 0 atom stereocenters. The first-order valence-electron chi connectivity index (χ1n) is 6.26. The van der Waals surface area contributed by atoms with Crippen molar-refractivity contribution >= 4 is 11.7 Å². The maximum atomic E-state index is 11.2. The molecule has 1 aliphatic rings. The Bertz CT molecular complexity index is 625. The molecular formula is C15H14N2O2. The van der Waals surface area contributed by atoms with E-state index in [9.17, 15) is 9.90 Å². The lowest BCUT2D eigenvalue weighted by molar-refractivity contribution is 0.0695. The summed E-state index contributed by atoms with van der Waals surface area (Å²) in [7, 11) is 0. The van der Waals surface area contributed by atoms with E-state index in [-0.39, 0.29) is 5.56 Å². The van der Waals surface area contributed by atoms with Crippen molar-refractivity contribution in [3.63, 3.8) is 0 Å². The molecule has 0 aliphatic carbocycles. The number of carbonyl (C=O) groups is 1. The monoisotopic (exact) mass is 254 g/mol. The summed E-state index contributed by atoms with van der Waals surface area (Å²) in [5, 5.41) is 9.18. The van der Waals surface area contributed by atoms with Crippen molar-refractivity contribution in [1.29, 1.82) is 0 Å². The van der Waals surface area contributed by atoms with Crippen LogP contribution in [-0.4, -0.2) is 22.6 Å². The summed E-state index contributed by atoms with van der Waals surface area (Å²) in [6, 6.07) is 11.5. The molecular weight excluding hydrogens is 240 g/mol. The van der Waals surface area contributed by atoms with Crippen LogP contribution in [0.2, 0.25) is 0 Å². The van der Waals surface area contributed by atoms with Crippen LogP contribution in [0.25, 0.3) is 0 Å². The molecule has 2 aromatic rings. The van der Waals surface area contributed by atoms with E-state index in [2.05, 4.69) is 22.0 Å². The largest absolute Gasteiger partial charge is 0.478 e. The van der Waals surface area contributed by atoms with Gasteiger partial charge in [0.25, 0.3) is 0 Å². The first kappa shape index (κ1) is 11.7. The maximum absolute atomic E-state index is 11.2. The van der Waals surface area contributed by atoms with E-state index >= 15 is 0 Å². The third-order valence-corrected chi connectivity index (χ3v) is 3.44. The lowest BCUT2D eigenvalue weighted by atomic mass is 10.1. The number of nitrogens with zero attached hydrogens (tertiary/aromatic N) is 2. The van der Waals surface area contributed by atoms with Crippen molar-refractivity contribution in [1.82, 2.24) is 4.98 Å². The molecule has 2 heterocycles. The summed E-state index contributed by atoms with van der Waals surface area (Å²) in [4.78, 5) is 17.6. The smallest absolute Gasteiger partial charge is 0.337 e. The number of benzene rings is 1. The van der Waals surface area contributed by atoms with E-state index in [0.29, 0.717) is 12.2 Å². The predicted octanol–water partition coefficient (Wildman–Crippen LogP) is 2.34. The van der Waals surface area contributed by atoms with Gasteiger partial charge >= 0.3 is 5.97 Å². The highest BCUT2D eigenvalue weighted by atomic mass is 16.4. The minimum Gasteiger partial charge on any atom is -0.478 e. The maximum Gasteiger partial charge on any atom is 0.337 e. The van der Waals surface area contributed by atoms with Crippen LogP contribution in [0.3, 0.4) is 0 Å². The van der Waals surface area contributed by atoms with Gasteiger partial charge in [-0.05, 0) is 30.2 Å². The van der Waals surface area contributed by atoms with Gasteiger partial charge < -0.3 is 10.0 Å². The summed E-state index contributed by atoms with van der Waals surface area (Å²) < 4.78 is 0. The van der Waals surface area contributed by atoms with E-state index in [1.54, 1.807) is 18.3 Å². The van der Waals surface area contributed by atoms with Gasteiger partial charge in [-0.15, -0.1) is 0 Å². The number of carboxylic acids is 1. The average molecular weight is 254 g/mol. The standard InChI is InChI=1S/C15H14N2O2/c18-15(19)12-5-3-8-16-13(12)10-17-9-7-11-4-1-2-6-14(11)17/h1-6,8H,7,9-10H2,(H,18,19). The fraction of sp³-hybridized carbons (Fsp3) is 0.200. The molecule has 4 heteroatoms. The molecule has 0 radical (unpaired) electrons. The molecule has 4 nitrogen and oxygen atoms in total. The van der Waals surface area contributed by atoms with E-state index in [0.717, 1.165) is 13.0 Å². The van der Waals surface area contributed by atoms with Gasteiger partial charge in [-0.3, -0.25) is 4.98 Å². The molecule has 3 rings (SSSR count). The molecule has 0 saturated heterocycles. The molecule has 1 N–H and O–H groups in total. The molecule has 0 saturated carbocycles. The second-order valence-corrected chi connectivity index (χ2v) is 4.60.